The first kappa shape index (κ1) is 36.6. The van der Waals surface area contributed by atoms with E-state index in [0.717, 1.165) is 18.2 Å². The van der Waals surface area contributed by atoms with Crippen molar-refractivity contribution >= 4 is 34.8 Å². The second-order valence-corrected chi connectivity index (χ2v) is 9.65. The molecular weight excluding hydrogens is 617 g/mol. The number of rotatable bonds is 0. The highest BCUT2D eigenvalue weighted by Crippen LogP contribution is 2.29. The van der Waals surface area contributed by atoms with Crippen molar-refractivity contribution in [3.05, 3.63) is 177 Å². The Balaban J connectivity index is 0.000000265. The van der Waals surface area contributed by atoms with E-state index in [1.807, 2.05) is 24.3 Å². The molecule has 0 aliphatic rings. The lowest BCUT2D eigenvalue weighted by atomic mass is 10.1. The molecule has 0 saturated heterocycles. The van der Waals surface area contributed by atoms with Gasteiger partial charge in [0.15, 0.2) is 0 Å². The van der Waals surface area contributed by atoms with Crippen LogP contribution in [-0.4, -0.2) is 0 Å². The first-order chi connectivity index (χ1) is 19.8. The van der Waals surface area contributed by atoms with E-state index in [9.17, 15) is 26.3 Å². The third-order valence-electron chi connectivity index (χ3n) is 4.65. The summed E-state index contributed by atoms with van der Waals surface area (Å²) in [6.07, 6.45) is -4.22. The Morgan fingerprint density at radius 1 is 0.429 bits per heavy atom. The smallest absolute Gasteiger partial charge is 0.207 e. The molecule has 5 rings (SSSR count). The molecule has 0 unspecified atom stereocenters. The van der Waals surface area contributed by atoms with Gasteiger partial charge < -0.3 is 0 Å². The molecule has 9 heteroatoms. The van der Waals surface area contributed by atoms with Crippen LogP contribution in [0, 0.1) is 31.3 Å². The lowest BCUT2D eigenvalue weighted by molar-refractivity contribution is -0.137. The second kappa shape index (κ2) is 19.6. The molecule has 0 aromatic heterocycles. The van der Waals surface area contributed by atoms with Crippen LogP contribution in [0.25, 0.3) is 0 Å². The Morgan fingerprint density at radius 3 is 1.10 bits per heavy atom. The Kier molecular flexibility index (Phi) is 17.1. The van der Waals surface area contributed by atoms with Gasteiger partial charge in [-0.25, -0.2) is 13.2 Å². The summed E-state index contributed by atoms with van der Waals surface area (Å²) in [6, 6.07) is 32.9. The number of aryl methyl sites for hydroxylation is 2. The topological polar surface area (TPSA) is 0 Å². The van der Waals surface area contributed by atoms with E-state index in [1.54, 1.807) is 43.3 Å². The molecule has 0 fully saturated rings. The van der Waals surface area contributed by atoms with E-state index < -0.39 is 23.4 Å². The van der Waals surface area contributed by atoms with Crippen molar-refractivity contribution in [2.24, 2.45) is 0 Å². The third-order valence-corrected chi connectivity index (χ3v) is 5.35. The minimum Gasteiger partial charge on any atom is -0.207 e. The van der Waals surface area contributed by atoms with E-state index in [0.29, 0.717) is 20.6 Å². The van der Waals surface area contributed by atoms with Crippen LogP contribution in [0.3, 0.4) is 0 Å². The summed E-state index contributed by atoms with van der Waals surface area (Å²) in [5.41, 5.74) is 1.36. The highest BCUT2D eigenvalue weighted by Gasteiger charge is 2.29. The highest BCUT2D eigenvalue weighted by molar-refractivity contribution is 6.34. The Labute approximate surface area is 257 Å². The van der Waals surface area contributed by atoms with E-state index in [2.05, 4.69) is 19.1 Å². The van der Waals surface area contributed by atoms with Crippen molar-refractivity contribution < 1.29 is 26.3 Å². The molecule has 0 saturated carbocycles. The normalized spacial score (nSPS) is 9.79. The number of benzene rings is 5. The van der Waals surface area contributed by atoms with Crippen molar-refractivity contribution in [2.45, 2.75) is 20.0 Å². The van der Waals surface area contributed by atoms with Crippen molar-refractivity contribution in [2.75, 3.05) is 0 Å². The number of hydrogen-bond acceptors (Lipinski definition) is 0. The average molecular weight is 644 g/mol. The van der Waals surface area contributed by atoms with Crippen LogP contribution in [0.15, 0.2) is 127 Å². The SMILES string of the molecule is Cc1cccc(C(F)(F)F)c1.Cc1ccccc1.Clc1cccc(Cl)c1.Fc1cccc(Cl)c1.Fc1cccc(F)c1. The van der Waals surface area contributed by atoms with E-state index in [4.69, 9.17) is 34.8 Å². The first-order valence-electron chi connectivity index (χ1n) is 12.1. The molecule has 0 nitrogen and oxygen atoms in total. The standard InChI is InChI=1S/C8H7F3.C7H8.C6H4Cl2.C6H4ClF.C6H4F2/c1-6-3-2-4-7(5-6)8(9,10)11;1-7-5-3-2-4-6-7;3*7-5-2-1-3-6(8)4-5/h2-5H,1H3;2-6H,1H3;3*1-4H. The molecule has 222 valence electrons. The minimum atomic E-state index is -4.22. The fourth-order valence-electron chi connectivity index (χ4n) is 2.74. The van der Waals surface area contributed by atoms with Gasteiger partial charge in [-0.1, -0.05) is 113 Å². The summed E-state index contributed by atoms with van der Waals surface area (Å²) in [7, 11) is 0. The highest BCUT2D eigenvalue weighted by atomic mass is 35.5. The zero-order valence-electron chi connectivity index (χ0n) is 22.5. The van der Waals surface area contributed by atoms with Crippen LogP contribution in [0.1, 0.15) is 16.7 Å². The molecule has 0 bridgehead atoms. The van der Waals surface area contributed by atoms with E-state index in [1.165, 1.54) is 42.0 Å². The summed E-state index contributed by atoms with van der Waals surface area (Å²) in [6.45, 7) is 3.72. The van der Waals surface area contributed by atoms with Crippen molar-refractivity contribution in [1.29, 1.82) is 0 Å². The van der Waals surface area contributed by atoms with Crippen molar-refractivity contribution in [1.82, 2.24) is 0 Å². The van der Waals surface area contributed by atoms with Crippen LogP contribution < -0.4 is 0 Å². The van der Waals surface area contributed by atoms with Crippen LogP contribution in [0.2, 0.25) is 15.1 Å². The zero-order chi connectivity index (χ0) is 31.5. The van der Waals surface area contributed by atoms with Crippen LogP contribution in [0.4, 0.5) is 26.3 Å². The van der Waals surface area contributed by atoms with Crippen molar-refractivity contribution in [3.63, 3.8) is 0 Å². The number of alkyl halides is 3. The van der Waals surface area contributed by atoms with Gasteiger partial charge in [0.05, 0.1) is 5.56 Å². The third kappa shape index (κ3) is 18.1. The molecule has 0 aliphatic carbocycles. The summed E-state index contributed by atoms with van der Waals surface area (Å²) in [4.78, 5) is 0. The molecule has 0 spiro atoms. The van der Waals surface area contributed by atoms with E-state index >= 15 is 0 Å². The van der Waals surface area contributed by atoms with Gasteiger partial charge >= 0.3 is 6.18 Å². The summed E-state index contributed by atoms with van der Waals surface area (Å²) >= 11 is 16.5. The van der Waals surface area contributed by atoms with E-state index in [-0.39, 0.29) is 5.82 Å². The first-order valence-corrected chi connectivity index (χ1v) is 13.3. The van der Waals surface area contributed by atoms with Gasteiger partial charge in [-0.15, -0.1) is 0 Å². The van der Waals surface area contributed by atoms with Crippen LogP contribution in [0.5, 0.6) is 0 Å². The lowest BCUT2D eigenvalue weighted by Crippen LogP contribution is -2.04. The van der Waals surface area contributed by atoms with Gasteiger partial charge in [-0.2, -0.15) is 13.2 Å². The van der Waals surface area contributed by atoms with Gasteiger partial charge in [0, 0.05) is 21.1 Å². The fourth-order valence-corrected chi connectivity index (χ4v) is 3.35. The average Bonchev–Trinajstić information content (AvgIpc) is 2.90. The molecule has 5 aromatic carbocycles. The molecule has 42 heavy (non-hydrogen) atoms. The maximum atomic E-state index is 12.1. The fraction of sp³-hybridized carbons (Fsp3) is 0.0909. The Hall–Kier alpha value is -3.45. The molecule has 0 aliphatic heterocycles. The maximum absolute atomic E-state index is 12.1. The predicted octanol–water partition coefficient (Wildman–Crippen LogP) is 12.4. The number of hydrogen-bond donors (Lipinski definition) is 0. The summed E-state index contributed by atoms with van der Waals surface area (Å²) in [5, 5.41) is 1.79. The van der Waals surface area contributed by atoms with Crippen LogP contribution in [-0.2, 0) is 6.18 Å². The monoisotopic (exact) mass is 642 g/mol. The predicted molar refractivity (Wildman–Crippen MR) is 162 cm³/mol. The Morgan fingerprint density at radius 2 is 0.833 bits per heavy atom. The molecular formula is C33H27Cl3F6. The van der Waals surface area contributed by atoms with Crippen LogP contribution >= 0.6 is 34.8 Å². The zero-order valence-corrected chi connectivity index (χ0v) is 24.8. The van der Waals surface area contributed by atoms with Gasteiger partial charge in [0.25, 0.3) is 0 Å². The molecule has 0 N–H and O–H groups in total. The molecule has 0 atom stereocenters. The summed E-state index contributed by atoms with van der Waals surface area (Å²) in [5.74, 6) is -1.37. The molecule has 0 amide bonds. The quantitative estimate of drug-likeness (QED) is 0.147. The molecule has 5 aromatic rings. The summed E-state index contributed by atoms with van der Waals surface area (Å²) < 4.78 is 71.8. The van der Waals surface area contributed by atoms with Gasteiger partial charge in [0.2, 0.25) is 0 Å². The Bertz CT molecular complexity index is 1300. The maximum Gasteiger partial charge on any atom is 0.416 e. The molecule has 0 radical (unpaired) electrons. The second-order valence-electron chi connectivity index (χ2n) is 8.34. The largest absolute Gasteiger partial charge is 0.416 e. The molecule has 0 heterocycles. The number of halogens is 9. The van der Waals surface area contributed by atoms with Gasteiger partial charge in [0.1, 0.15) is 17.5 Å². The lowest BCUT2D eigenvalue weighted by Gasteiger charge is -2.05. The van der Waals surface area contributed by atoms with Gasteiger partial charge in [-0.05, 0) is 68.4 Å². The van der Waals surface area contributed by atoms with Crippen molar-refractivity contribution in [3.8, 4) is 0 Å². The van der Waals surface area contributed by atoms with Gasteiger partial charge in [-0.3, -0.25) is 0 Å². The minimum absolute atomic E-state index is 0.294.